The maximum Gasteiger partial charge on any atom is 0.239 e. The summed E-state index contributed by atoms with van der Waals surface area (Å²) in [5.41, 5.74) is 6.02. The molecule has 0 radical (unpaired) electrons. The molecule has 0 atom stereocenters. The summed E-state index contributed by atoms with van der Waals surface area (Å²) >= 11 is 0. The molecule has 72 valence electrons. The van der Waals surface area contributed by atoms with Gasteiger partial charge in [0.2, 0.25) is 5.95 Å². The van der Waals surface area contributed by atoms with Crippen LogP contribution >= 0.6 is 0 Å². The zero-order valence-corrected chi connectivity index (χ0v) is 7.56. The summed E-state index contributed by atoms with van der Waals surface area (Å²) in [6.45, 7) is 0. The molecule has 2 aromatic rings. The average molecular weight is 191 g/mol. The quantitative estimate of drug-likeness (QED) is 0.719. The second-order valence-electron chi connectivity index (χ2n) is 2.62. The fourth-order valence-corrected chi connectivity index (χ4v) is 1.06. The number of aromatic amines is 1. The van der Waals surface area contributed by atoms with Crippen molar-refractivity contribution in [2.75, 3.05) is 12.8 Å². The Morgan fingerprint density at radius 2 is 2.36 bits per heavy atom. The van der Waals surface area contributed by atoms with Gasteiger partial charge in [-0.25, -0.2) is 0 Å². The van der Waals surface area contributed by atoms with Crippen LogP contribution in [0.4, 0.5) is 5.95 Å². The van der Waals surface area contributed by atoms with Crippen molar-refractivity contribution in [1.82, 2.24) is 20.2 Å². The highest BCUT2D eigenvalue weighted by molar-refractivity contribution is 5.52. The number of ether oxygens (including phenoxy) is 1. The lowest BCUT2D eigenvalue weighted by atomic mass is 10.3. The monoisotopic (exact) mass is 191 g/mol. The summed E-state index contributed by atoms with van der Waals surface area (Å²) in [5, 5.41) is 6.38. The van der Waals surface area contributed by atoms with Crippen molar-refractivity contribution in [3.63, 3.8) is 0 Å². The van der Waals surface area contributed by atoms with E-state index in [1.54, 1.807) is 25.4 Å². The van der Waals surface area contributed by atoms with Crippen LogP contribution in [0.1, 0.15) is 0 Å². The highest BCUT2D eigenvalue weighted by Gasteiger charge is 2.05. The largest absolute Gasteiger partial charge is 0.497 e. The van der Waals surface area contributed by atoms with Crippen LogP contribution in [0.2, 0.25) is 0 Å². The number of nitrogen functional groups attached to an aromatic ring is 1. The number of nitrogens with two attached hydrogens (primary N) is 1. The fourth-order valence-electron chi connectivity index (χ4n) is 1.06. The van der Waals surface area contributed by atoms with Gasteiger partial charge in [-0.05, 0) is 6.07 Å². The second kappa shape index (κ2) is 3.33. The van der Waals surface area contributed by atoms with Gasteiger partial charge in [0.05, 0.1) is 7.11 Å². The normalized spacial score (nSPS) is 10.1. The van der Waals surface area contributed by atoms with Crippen molar-refractivity contribution >= 4 is 5.95 Å². The molecule has 0 amide bonds. The van der Waals surface area contributed by atoms with E-state index < -0.39 is 0 Å². The lowest BCUT2D eigenvalue weighted by Gasteiger charge is -1.99. The third-order valence-corrected chi connectivity index (χ3v) is 1.71. The number of nitrogens with one attached hydrogen (secondary N) is 1. The standard InChI is InChI=1S/C8H9N5O/c1-14-5-2-3-10-6(4-5)7-11-8(9)13-12-7/h2-4H,1H3,(H3,9,11,12,13). The Labute approximate surface area is 80.1 Å². The van der Waals surface area contributed by atoms with Crippen molar-refractivity contribution in [2.24, 2.45) is 0 Å². The molecule has 3 N–H and O–H groups in total. The zero-order chi connectivity index (χ0) is 9.97. The van der Waals surface area contributed by atoms with Crippen LogP contribution in [0.3, 0.4) is 0 Å². The van der Waals surface area contributed by atoms with Crippen LogP contribution in [-0.4, -0.2) is 27.3 Å². The Hall–Kier alpha value is -2.11. The average Bonchev–Trinajstić information content (AvgIpc) is 2.65. The first-order chi connectivity index (χ1) is 6.79. The summed E-state index contributed by atoms with van der Waals surface area (Å²) in [5.74, 6) is 1.44. The highest BCUT2D eigenvalue weighted by atomic mass is 16.5. The minimum absolute atomic E-state index is 0.199. The summed E-state index contributed by atoms with van der Waals surface area (Å²) in [6.07, 6.45) is 1.63. The minimum Gasteiger partial charge on any atom is -0.497 e. The van der Waals surface area contributed by atoms with E-state index in [0.717, 1.165) is 0 Å². The molecule has 0 aliphatic rings. The van der Waals surface area contributed by atoms with Crippen LogP contribution in [0.5, 0.6) is 5.75 Å². The molecule has 14 heavy (non-hydrogen) atoms. The Kier molecular flexibility index (Phi) is 2.02. The van der Waals surface area contributed by atoms with Gasteiger partial charge >= 0.3 is 0 Å². The van der Waals surface area contributed by atoms with Gasteiger partial charge in [-0.15, -0.1) is 5.10 Å². The first-order valence-corrected chi connectivity index (χ1v) is 3.98. The van der Waals surface area contributed by atoms with Crippen molar-refractivity contribution < 1.29 is 4.74 Å². The van der Waals surface area contributed by atoms with E-state index in [0.29, 0.717) is 17.3 Å². The lowest BCUT2D eigenvalue weighted by Crippen LogP contribution is -1.89. The predicted molar refractivity (Wildman–Crippen MR) is 50.6 cm³/mol. The van der Waals surface area contributed by atoms with Gasteiger partial charge in [0.25, 0.3) is 0 Å². The number of H-pyrrole nitrogens is 1. The molecular weight excluding hydrogens is 182 g/mol. The molecule has 0 spiro atoms. The molecule has 2 rings (SSSR count). The van der Waals surface area contributed by atoms with Gasteiger partial charge in [-0.2, -0.15) is 4.98 Å². The zero-order valence-electron chi connectivity index (χ0n) is 7.56. The molecule has 6 nitrogen and oxygen atoms in total. The van der Waals surface area contributed by atoms with Crippen molar-refractivity contribution in [2.45, 2.75) is 0 Å². The number of anilines is 1. The third kappa shape index (κ3) is 1.49. The molecule has 0 aromatic carbocycles. The molecule has 2 heterocycles. The number of hydrogen-bond donors (Lipinski definition) is 2. The Balaban J connectivity index is 2.41. The van der Waals surface area contributed by atoms with E-state index in [2.05, 4.69) is 20.2 Å². The van der Waals surface area contributed by atoms with Gasteiger partial charge in [0, 0.05) is 12.3 Å². The van der Waals surface area contributed by atoms with Crippen molar-refractivity contribution in [3.05, 3.63) is 18.3 Å². The first-order valence-electron chi connectivity index (χ1n) is 3.98. The molecular formula is C8H9N5O. The van der Waals surface area contributed by atoms with Gasteiger partial charge in [-0.1, -0.05) is 0 Å². The summed E-state index contributed by atoms with van der Waals surface area (Å²) in [6, 6.07) is 3.50. The Morgan fingerprint density at radius 3 is 3.00 bits per heavy atom. The maximum atomic E-state index is 5.37. The first kappa shape index (κ1) is 8.49. The molecule has 0 saturated heterocycles. The molecule has 0 aliphatic heterocycles. The molecule has 0 fully saturated rings. The SMILES string of the molecule is COc1ccnc(-c2nc(N)n[nH]2)c1. The molecule has 2 aromatic heterocycles. The van der Waals surface area contributed by atoms with Crippen LogP contribution in [0.15, 0.2) is 18.3 Å². The van der Waals surface area contributed by atoms with Gasteiger partial charge in [0.15, 0.2) is 5.82 Å². The summed E-state index contributed by atoms with van der Waals surface area (Å²) < 4.78 is 5.05. The highest BCUT2D eigenvalue weighted by Crippen LogP contribution is 2.17. The second-order valence-corrected chi connectivity index (χ2v) is 2.62. The molecule has 0 aliphatic carbocycles. The molecule has 0 saturated carbocycles. The van der Waals surface area contributed by atoms with Crippen molar-refractivity contribution in [3.8, 4) is 17.3 Å². The summed E-state index contributed by atoms with van der Waals surface area (Å²) in [7, 11) is 1.59. The Bertz CT molecular complexity index is 439. The molecule has 0 unspecified atom stereocenters. The number of pyridine rings is 1. The lowest BCUT2D eigenvalue weighted by molar-refractivity contribution is 0.414. The Morgan fingerprint density at radius 1 is 1.50 bits per heavy atom. The molecule has 0 bridgehead atoms. The van der Waals surface area contributed by atoms with E-state index in [1.165, 1.54) is 0 Å². The smallest absolute Gasteiger partial charge is 0.239 e. The topological polar surface area (TPSA) is 89.7 Å². The van der Waals surface area contributed by atoms with E-state index >= 15 is 0 Å². The predicted octanol–water partition coefficient (Wildman–Crippen LogP) is 0.457. The maximum absolute atomic E-state index is 5.37. The van der Waals surface area contributed by atoms with Crippen LogP contribution < -0.4 is 10.5 Å². The van der Waals surface area contributed by atoms with E-state index in [-0.39, 0.29) is 5.95 Å². The van der Waals surface area contributed by atoms with Gasteiger partial charge in [0.1, 0.15) is 11.4 Å². The number of rotatable bonds is 2. The van der Waals surface area contributed by atoms with Crippen LogP contribution in [0.25, 0.3) is 11.5 Å². The third-order valence-electron chi connectivity index (χ3n) is 1.71. The van der Waals surface area contributed by atoms with E-state index in [9.17, 15) is 0 Å². The molecule has 6 heteroatoms. The van der Waals surface area contributed by atoms with E-state index in [4.69, 9.17) is 10.5 Å². The van der Waals surface area contributed by atoms with Crippen LogP contribution in [0, 0.1) is 0 Å². The summed E-state index contributed by atoms with van der Waals surface area (Å²) in [4.78, 5) is 8.05. The number of hydrogen-bond acceptors (Lipinski definition) is 5. The van der Waals surface area contributed by atoms with Gasteiger partial charge in [-0.3, -0.25) is 10.1 Å². The fraction of sp³-hybridized carbons (Fsp3) is 0.125. The van der Waals surface area contributed by atoms with Crippen LogP contribution in [-0.2, 0) is 0 Å². The minimum atomic E-state index is 0.199. The number of aromatic nitrogens is 4. The van der Waals surface area contributed by atoms with Gasteiger partial charge < -0.3 is 10.5 Å². The number of nitrogens with zero attached hydrogens (tertiary/aromatic N) is 3. The van der Waals surface area contributed by atoms with Crippen molar-refractivity contribution in [1.29, 1.82) is 0 Å². The number of methoxy groups -OCH3 is 1. The van der Waals surface area contributed by atoms with E-state index in [1.807, 2.05) is 0 Å².